The number of piperidine rings is 1. The Bertz CT molecular complexity index is 1060. The number of hydrogen-bond donors (Lipinski definition) is 1. The molecular formula is C23H29N3O4S. The second-order valence-corrected chi connectivity index (χ2v) is 9.82. The van der Waals surface area contributed by atoms with Gasteiger partial charge in [0, 0.05) is 13.1 Å². The Morgan fingerprint density at radius 3 is 2.35 bits per heavy atom. The van der Waals surface area contributed by atoms with Crippen molar-refractivity contribution in [1.82, 2.24) is 4.90 Å². The van der Waals surface area contributed by atoms with Crippen molar-refractivity contribution >= 4 is 33.2 Å². The zero-order chi connectivity index (χ0) is 22.6. The molecule has 1 atom stereocenters. The van der Waals surface area contributed by atoms with Gasteiger partial charge in [0.25, 0.3) is 5.91 Å². The highest BCUT2D eigenvalue weighted by Crippen LogP contribution is 2.24. The summed E-state index contributed by atoms with van der Waals surface area (Å²) in [6.07, 6.45) is 4.13. The lowest BCUT2D eigenvalue weighted by molar-refractivity contribution is -0.116. The highest BCUT2D eigenvalue weighted by atomic mass is 32.2. The quantitative estimate of drug-likeness (QED) is 0.741. The predicted molar refractivity (Wildman–Crippen MR) is 123 cm³/mol. The van der Waals surface area contributed by atoms with Crippen molar-refractivity contribution < 1.29 is 18.0 Å². The van der Waals surface area contributed by atoms with E-state index in [1.54, 1.807) is 47.4 Å². The Labute approximate surface area is 184 Å². The average Bonchev–Trinajstić information content (AvgIpc) is 2.73. The summed E-state index contributed by atoms with van der Waals surface area (Å²) in [7, 11) is -3.72. The molecule has 0 aromatic heterocycles. The summed E-state index contributed by atoms with van der Waals surface area (Å²) in [5, 5.41) is 2.77. The van der Waals surface area contributed by atoms with Crippen LogP contribution >= 0.6 is 0 Å². The van der Waals surface area contributed by atoms with Crippen LogP contribution in [-0.2, 0) is 14.8 Å². The molecule has 7 nitrogen and oxygen atoms in total. The number of para-hydroxylation sites is 1. The zero-order valence-corrected chi connectivity index (χ0v) is 19.0. The van der Waals surface area contributed by atoms with E-state index in [1.165, 1.54) is 6.92 Å². The Morgan fingerprint density at radius 2 is 1.71 bits per heavy atom. The molecule has 8 heteroatoms. The number of benzene rings is 2. The van der Waals surface area contributed by atoms with Gasteiger partial charge in [-0.2, -0.15) is 0 Å². The van der Waals surface area contributed by atoms with E-state index < -0.39 is 22.0 Å². The highest BCUT2D eigenvalue weighted by Gasteiger charge is 2.30. The molecule has 2 aromatic rings. The van der Waals surface area contributed by atoms with Gasteiger partial charge in [0.15, 0.2) is 0 Å². The standard InChI is InChI=1S/C23H29N3O4S/c1-17-10-9-11-19(16-17)26(31(3,29)30)18(2)22(27)24-21-13-6-5-12-20(21)23(28)25-14-7-4-8-15-25/h5-6,9-13,16,18H,4,7-8,14-15H2,1-3H3,(H,24,27)/t18-/m1/s1. The van der Waals surface area contributed by atoms with Gasteiger partial charge in [-0.1, -0.05) is 24.3 Å². The van der Waals surface area contributed by atoms with Gasteiger partial charge in [-0.05, 0) is 62.9 Å². The van der Waals surface area contributed by atoms with E-state index >= 15 is 0 Å². The van der Waals surface area contributed by atoms with E-state index in [-0.39, 0.29) is 5.91 Å². The van der Waals surface area contributed by atoms with Crippen LogP contribution in [0.2, 0.25) is 0 Å². The van der Waals surface area contributed by atoms with Crippen molar-refractivity contribution in [2.24, 2.45) is 0 Å². The summed E-state index contributed by atoms with van der Waals surface area (Å²) in [5.74, 6) is -0.632. The highest BCUT2D eigenvalue weighted by molar-refractivity contribution is 7.92. The summed E-state index contributed by atoms with van der Waals surface area (Å²) in [4.78, 5) is 27.9. The van der Waals surface area contributed by atoms with Crippen LogP contribution in [0.3, 0.4) is 0 Å². The number of amides is 2. The van der Waals surface area contributed by atoms with Gasteiger partial charge in [0.1, 0.15) is 6.04 Å². The van der Waals surface area contributed by atoms with Gasteiger partial charge < -0.3 is 10.2 Å². The topological polar surface area (TPSA) is 86.8 Å². The summed E-state index contributed by atoms with van der Waals surface area (Å²) < 4.78 is 26.1. The minimum Gasteiger partial charge on any atom is -0.339 e. The third kappa shape index (κ3) is 5.44. The van der Waals surface area contributed by atoms with Crippen LogP contribution in [0.1, 0.15) is 42.1 Å². The first-order chi connectivity index (χ1) is 14.7. The maximum atomic E-state index is 13.1. The molecule has 3 rings (SSSR count). The van der Waals surface area contributed by atoms with Gasteiger partial charge in [-0.3, -0.25) is 13.9 Å². The molecule has 1 aliphatic heterocycles. The Hall–Kier alpha value is -2.87. The maximum absolute atomic E-state index is 13.1. The van der Waals surface area contributed by atoms with E-state index in [4.69, 9.17) is 0 Å². The minimum absolute atomic E-state index is 0.123. The second kappa shape index (κ2) is 9.51. The van der Waals surface area contributed by atoms with Crippen LogP contribution in [0, 0.1) is 6.92 Å². The van der Waals surface area contributed by atoms with E-state index in [2.05, 4.69) is 5.32 Å². The first-order valence-electron chi connectivity index (χ1n) is 10.4. The summed E-state index contributed by atoms with van der Waals surface area (Å²) in [6.45, 7) is 4.80. The van der Waals surface area contributed by atoms with Crippen LogP contribution in [0.15, 0.2) is 48.5 Å². The lowest BCUT2D eigenvalue weighted by Crippen LogP contribution is -2.45. The maximum Gasteiger partial charge on any atom is 0.255 e. The third-order valence-corrected chi connectivity index (χ3v) is 6.64. The normalized spacial score (nSPS) is 15.3. The molecular weight excluding hydrogens is 414 g/mol. The zero-order valence-electron chi connectivity index (χ0n) is 18.2. The largest absolute Gasteiger partial charge is 0.339 e. The molecule has 1 saturated heterocycles. The molecule has 1 aliphatic rings. The Balaban J connectivity index is 1.85. The fourth-order valence-corrected chi connectivity index (χ4v) is 5.02. The first-order valence-corrected chi connectivity index (χ1v) is 12.3. The minimum atomic E-state index is -3.72. The lowest BCUT2D eigenvalue weighted by atomic mass is 10.1. The van der Waals surface area contributed by atoms with Crippen LogP contribution in [0.4, 0.5) is 11.4 Å². The summed E-state index contributed by atoms with van der Waals surface area (Å²) in [5.41, 5.74) is 2.10. The fraction of sp³-hybridized carbons (Fsp3) is 0.391. The molecule has 0 saturated carbocycles. The van der Waals surface area contributed by atoms with Gasteiger partial charge in [0.05, 0.1) is 23.2 Å². The van der Waals surface area contributed by atoms with Crippen LogP contribution in [0.25, 0.3) is 0 Å². The lowest BCUT2D eigenvalue weighted by Gasteiger charge is -2.29. The number of likely N-dealkylation sites (tertiary alicyclic amines) is 1. The number of rotatable bonds is 6. The molecule has 31 heavy (non-hydrogen) atoms. The molecule has 0 spiro atoms. The molecule has 1 N–H and O–H groups in total. The third-order valence-electron chi connectivity index (χ3n) is 5.40. The molecule has 1 fully saturated rings. The van der Waals surface area contributed by atoms with Gasteiger partial charge in [-0.25, -0.2) is 8.42 Å². The number of anilines is 2. The van der Waals surface area contributed by atoms with Gasteiger partial charge in [0.2, 0.25) is 15.9 Å². The molecule has 1 heterocycles. The van der Waals surface area contributed by atoms with Crippen LogP contribution < -0.4 is 9.62 Å². The van der Waals surface area contributed by atoms with Crippen molar-refractivity contribution in [3.8, 4) is 0 Å². The van der Waals surface area contributed by atoms with Crippen LogP contribution in [-0.4, -0.2) is 50.5 Å². The predicted octanol–water partition coefficient (Wildman–Crippen LogP) is 3.41. The molecule has 0 aliphatic carbocycles. The van der Waals surface area contributed by atoms with E-state index in [1.807, 2.05) is 13.0 Å². The number of sulfonamides is 1. The van der Waals surface area contributed by atoms with Gasteiger partial charge >= 0.3 is 0 Å². The molecule has 0 radical (unpaired) electrons. The average molecular weight is 444 g/mol. The number of carbonyl (C=O) groups is 2. The van der Waals surface area contributed by atoms with Crippen molar-refractivity contribution in [3.05, 3.63) is 59.7 Å². The SMILES string of the molecule is Cc1cccc(N([C@H](C)C(=O)Nc2ccccc2C(=O)N2CCCCC2)S(C)(=O)=O)c1. The molecule has 2 amide bonds. The fourth-order valence-electron chi connectivity index (χ4n) is 3.86. The summed E-state index contributed by atoms with van der Waals surface area (Å²) in [6, 6.07) is 12.8. The Morgan fingerprint density at radius 1 is 1.03 bits per heavy atom. The van der Waals surface area contributed by atoms with Gasteiger partial charge in [-0.15, -0.1) is 0 Å². The van der Waals surface area contributed by atoms with E-state index in [9.17, 15) is 18.0 Å². The Kier molecular flexibility index (Phi) is 7.00. The summed E-state index contributed by atoms with van der Waals surface area (Å²) >= 11 is 0. The van der Waals surface area contributed by atoms with Crippen molar-refractivity contribution in [2.45, 2.75) is 39.2 Å². The van der Waals surface area contributed by atoms with E-state index in [0.717, 1.165) is 35.4 Å². The van der Waals surface area contributed by atoms with E-state index in [0.29, 0.717) is 30.0 Å². The van der Waals surface area contributed by atoms with Crippen molar-refractivity contribution in [3.63, 3.8) is 0 Å². The monoisotopic (exact) mass is 443 g/mol. The van der Waals surface area contributed by atoms with Crippen LogP contribution in [0.5, 0.6) is 0 Å². The van der Waals surface area contributed by atoms with Crippen molar-refractivity contribution in [1.29, 1.82) is 0 Å². The number of hydrogen-bond acceptors (Lipinski definition) is 4. The number of aryl methyl sites for hydroxylation is 1. The van der Waals surface area contributed by atoms with Crippen molar-refractivity contribution in [2.75, 3.05) is 29.0 Å². The molecule has 2 aromatic carbocycles. The molecule has 0 bridgehead atoms. The number of nitrogens with zero attached hydrogens (tertiary/aromatic N) is 2. The second-order valence-electron chi connectivity index (χ2n) is 7.96. The number of carbonyl (C=O) groups excluding carboxylic acids is 2. The first kappa shape index (κ1) is 22.8. The number of nitrogens with one attached hydrogen (secondary N) is 1. The smallest absolute Gasteiger partial charge is 0.255 e. The molecule has 0 unspecified atom stereocenters. The molecule has 166 valence electrons.